The van der Waals surface area contributed by atoms with E-state index in [9.17, 15) is 0 Å². The number of rotatable bonds is 13. The van der Waals surface area contributed by atoms with Gasteiger partial charge in [-0.25, -0.2) is 0 Å². The fourth-order valence-electron chi connectivity index (χ4n) is 2.60. The second kappa shape index (κ2) is 16.6. The van der Waals surface area contributed by atoms with E-state index in [1.807, 2.05) is 0 Å². The normalized spacial score (nSPS) is 11.9. The van der Waals surface area contributed by atoms with Gasteiger partial charge in [-0.3, -0.25) is 0 Å². The molecule has 0 aromatic rings. The topological polar surface area (TPSA) is 0 Å². The van der Waals surface area contributed by atoms with Crippen LogP contribution in [-0.4, -0.2) is 0 Å². The molecule has 0 rings (SSSR count). The highest BCUT2D eigenvalue weighted by atomic mass is 14.1. The van der Waals surface area contributed by atoms with Crippen LogP contribution in [0.1, 0.15) is 111 Å². The smallest absolute Gasteiger partial charge is 0.00886 e. The van der Waals surface area contributed by atoms with Crippen LogP contribution in [0.25, 0.3) is 0 Å². The molecule has 118 valence electrons. The zero-order chi connectivity index (χ0) is 14.9. The molecule has 0 saturated carbocycles. The Kier molecular flexibility index (Phi) is 16.2. The first-order chi connectivity index (χ1) is 9.81. The van der Waals surface area contributed by atoms with Crippen molar-refractivity contribution in [3.8, 4) is 11.8 Å². The molecule has 0 heterocycles. The number of hydrogen-bond acceptors (Lipinski definition) is 0. The van der Waals surface area contributed by atoms with Gasteiger partial charge in [0.1, 0.15) is 0 Å². The Bertz CT molecular complexity index is 230. The van der Waals surface area contributed by atoms with Gasteiger partial charge in [-0.15, -0.1) is 11.8 Å². The Morgan fingerprint density at radius 3 is 1.75 bits per heavy atom. The SMILES string of the molecule is CCCC#CCCCCCCC(C)CCCCCCC. The van der Waals surface area contributed by atoms with Crippen LogP contribution in [0.5, 0.6) is 0 Å². The van der Waals surface area contributed by atoms with Crippen molar-refractivity contribution in [3.05, 3.63) is 0 Å². The van der Waals surface area contributed by atoms with Crippen LogP contribution in [-0.2, 0) is 0 Å². The summed E-state index contributed by atoms with van der Waals surface area (Å²) in [5.74, 6) is 7.46. The van der Waals surface area contributed by atoms with Crippen molar-refractivity contribution in [1.29, 1.82) is 0 Å². The van der Waals surface area contributed by atoms with Crippen molar-refractivity contribution in [2.75, 3.05) is 0 Å². The van der Waals surface area contributed by atoms with Crippen LogP contribution in [0.4, 0.5) is 0 Å². The summed E-state index contributed by atoms with van der Waals surface area (Å²) in [5, 5.41) is 0. The van der Waals surface area contributed by atoms with Gasteiger partial charge in [0.05, 0.1) is 0 Å². The van der Waals surface area contributed by atoms with Crippen molar-refractivity contribution in [2.45, 2.75) is 111 Å². The van der Waals surface area contributed by atoms with Gasteiger partial charge >= 0.3 is 0 Å². The summed E-state index contributed by atoms with van der Waals surface area (Å²) in [5.41, 5.74) is 0. The molecule has 0 fully saturated rings. The predicted octanol–water partition coefficient (Wildman–Crippen LogP) is 7.13. The molecule has 0 aliphatic carbocycles. The van der Waals surface area contributed by atoms with Crippen LogP contribution in [0.3, 0.4) is 0 Å². The molecule has 0 bridgehead atoms. The Hall–Kier alpha value is -0.440. The molecule has 0 N–H and O–H groups in total. The van der Waals surface area contributed by atoms with E-state index >= 15 is 0 Å². The summed E-state index contributed by atoms with van der Waals surface area (Å²) >= 11 is 0. The van der Waals surface area contributed by atoms with Crippen molar-refractivity contribution in [3.63, 3.8) is 0 Å². The lowest BCUT2D eigenvalue weighted by atomic mass is 9.96. The molecule has 0 aromatic carbocycles. The first-order valence-corrected chi connectivity index (χ1v) is 9.27. The molecule has 0 aromatic heterocycles. The molecule has 0 radical (unpaired) electrons. The molecule has 0 nitrogen and oxygen atoms in total. The molecule has 0 aliphatic heterocycles. The lowest BCUT2D eigenvalue weighted by molar-refractivity contribution is 0.434. The first kappa shape index (κ1) is 19.6. The van der Waals surface area contributed by atoms with Gasteiger partial charge in [-0.1, -0.05) is 85.0 Å². The van der Waals surface area contributed by atoms with Crippen molar-refractivity contribution >= 4 is 0 Å². The van der Waals surface area contributed by atoms with E-state index in [0.717, 1.165) is 18.8 Å². The summed E-state index contributed by atoms with van der Waals surface area (Å²) < 4.78 is 0. The maximum Gasteiger partial charge on any atom is 0.00886 e. The van der Waals surface area contributed by atoms with Crippen LogP contribution < -0.4 is 0 Å². The zero-order valence-electron chi connectivity index (χ0n) is 14.5. The number of unbranched alkanes of at least 4 members (excludes halogenated alkanes) is 9. The highest BCUT2D eigenvalue weighted by Gasteiger charge is 2.01. The van der Waals surface area contributed by atoms with E-state index in [4.69, 9.17) is 0 Å². The second-order valence-electron chi connectivity index (χ2n) is 6.36. The molecule has 0 aliphatic rings. The molecule has 0 heteroatoms. The highest BCUT2D eigenvalue weighted by Crippen LogP contribution is 2.17. The Balaban J connectivity index is 3.19. The molecule has 0 amide bonds. The summed E-state index contributed by atoms with van der Waals surface area (Å²) in [7, 11) is 0. The molecule has 1 unspecified atom stereocenters. The van der Waals surface area contributed by atoms with Crippen LogP contribution >= 0.6 is 0 Å². The Morgan fingerprint density at radius 1 is 0.600 bits per heavy atom. The average Bonchev–Trinajstić information content (AvgIpc) is 2.45. The van der Waals surface area contributed by atoms with Crippen molar-refractivity contribution in [1.82, 2.24) is 0 Å². The maximum absolute atomic E-state index is 3.28. The Labute approximate surface area is 129 Å². The summed E-state index contributed by atoms with van der Waals surface area (Å²) in [4.78, 5) is 0. The average molecular weight is 279 g/mol. The minimum absolute atomic E-state index is 0.945. The molecule has 0 saturated heterocycles. The molecular formula is C20H38. The van der Waals surface area contributed by atoms with E-state index in [1.165, 1.54) is 77.0 Å². The zero-order valence-corrected chi connectivity index (χ0v) is 14.5. The fourth-order valence-corrected chi connectivity index (χ4v) is 2.60. The van der Waals surface area contributed by atoms with Gasteiger partial charge in [0.15, 0.2) is 0 Å². The van der Waals surface area contributed by atoms with E-state index in [2.05, 4.69) is 32.6 Å². The largest absolute Gasteiger partial charge is 0.103 e. The van der Waals surface area contributed by atoms with Crippen molar-refractivity contribution < 1.29 is 0 Å². The van der Waals surface area contributed by atoms with Gasteiger partial charge in [0, 0.05) is 12.8 Å². The monoisotopic (exact) mass is 278 g/mol. The third kappa shape index (κ3) is 15.6. The summed E-state index contributed by atoms with van der Waals surface area (Å²) in [6, 6.07) is 0. The van der Waals surface area contributed by atoms with Gasteiger partial charge in [-0.2, -0.15) is 0 Å². The third-order valence-electron chi connectivity index (χ3n) is 4.05. The van der Waals surface area contributed by atoms with E-state index < -0.39 is 0 Å². The fraction of sp³-hybridized carbons (Fsp3) is 0.900. The quantitative estimate of drug-likeness (QED) is 0.248. The molecule has 0 spiro atoms. The first-order valence-electron chi connectivity index (χ1n) is 9.27. The van der Waals surface area contributed by atoms with E-state index in [-0.39, 0.29) is 0 Å². The van der Waals surface area contributed by atoms with Gasteiger partial charge in [0.25, 0.3) is 0 Å². The van der Waals surface area contributed by atoms with Gasteiger partial charge < -0.3 is 0 Å². The van der Waals surface area contributed by atoms with Gasteiger partial charge in [-0.05, 0) is 18.8 Å². The Morgan fingerprint density at radius 2 is 1.15 bits per heavy atom. The number of hydrogen-bond donors (Lipinski definition) is 0. The van der Waals surface area contributed by atoms with Crippen molar-refractivity contribution in [2.24, 2.45) is 5.92 Å². The van der Waals surface area contributed by atoms with Gasteiger partial charge in [0.2, 0.25) is 0 Å². The summed E-state index contributed by atoms with van der Waals surface area (Å²) in [6.07, 6.45) is 19.0. The molecule has 1 atom stereocenters. The van der Waals surface area contributed by atoms with Crippen LogP contribution in [0, 0.1) is 17.8 Å². The second-order valence-corrected chi connectivity index (χ2v) is 6.36. The third-order valence-corrected chi connectivity index (χ3v) is 4.05. The minimum atomic E-state index is 0.945. The maximum atomic E-state index is 3.28. The van der Waals surface area contributed by atoms with E-state index in [0.29, 0.717) is 0 Å². The molecular weight excluding hydrogens is 240 g/mol. The lowest BCUT2D eigenvalue weighted by Gasteiger charge is -2.10. The molecule has 20 heavy (non-hydrogen) atoms. The van der Waals surface area contributed by atoms with Crippen LogP contribution in [0.2, 0.25) is 0 Å². The highest BCUT2D eigenvalue weighted by molar-refractivity contribution is 4.98. The minimum Gasteiger partial charge on any atom is -0.103 e. The van der Waals surface area contributed by atoms with Crippen LogP contribution in [0.15, 0.2) is 0 Å². The predicted molar refractivity (Wildman–Crippen MR) is 92.9 cm³/mol. The van der Waals surface area contributed by atoms with E-state index in [1.54, 1.807) is 0 Å². The standard InChI is InChI=1S/C20H38/c1-4-6-8-10-11-12-13-15-17-19-20(3)18-16-14-9-7-5-2/h20H,4-7,9,11-19H2,1-3H3. The summed E-state index contributed by atoms with van der Waals surface area (Å²) in [6.45, 7) is 6.92. The lowest BCUT2D eigenvalue weighted by Crippen LogP contribution is -1.95.